The van der Waals surface area contributed by atoms with Gasteiger partial charge in [0.05, 0.1) is 7.11 Å². The van der Waals surface area contributed by atoms with Crippen molar-refractivity contribution in [2.45, 2.75) is 0 Å². The maximum Gasteiger partial charge on any atom is 0.214 e. The molecule has 0 amide bonds. The van der Waals surface area contributed by atoms with Crippen LogP contribution >= 0.6 is 11.6 Å². The van der Waals surface area contributed by atoms with Gasteiger partial charge in [-0.15, -0.1) is 0 Å². The van der Waals surface area contributed by atoms with Crippen LogP contribution < -0.4 is 4.74 Å². The van der Waals surface area contributed by atoms with E-state index in [9.17, 15) is 4.39 Å². The Morgan fingerprint density at radius 3 is 2.80 bits per heavy atom. The summed E-state index contributed by atoms with van der Waals surface area (Å²) in [7, 11) is 1.44. The van der Waals surface area contributed by atoms with Gasteiger partial charge in [0.25, 0.3) is 0 Å². The first kappa shape index (κ1) is 7.28. The van der Waals surface area contributed by atoms with Crippen molar-refractivity contribution in [3.05, 3.63) is 23.1 Å². The molecule has 2 nitrogen and oxygen atoms in total. The molecule has 10 heavy (non-hydrogen) atoms. The molecule has 0 bridgehead atoms. The normalized spacial score (nSPS) is 9.50. The van der Waals surface area contributed by atoms with Gasteiger partial charge in [0.2, 0.25) is 5.88 Å². The van der Waals surface area contributed by atoms with Gasteiger partial charge in [-0.2, -0.15) is 4.98 Å². The van der Waals surface area contributed by atoms with Gasteiger partial charge in [0.1, 0.15) is 0 Å². The van der Waals surface area contributed by atoms with E-state index in [1.807, 2.05) is 0 Å². The largest absolute Gasteiger partial charge is 0.481 e. The average Bonchev–Trinajstić information content (AvgIpc) is 1.95. The molecule has 1 heterocycles. The smallest absolute Gasteiger partial charge is 0.214 e. The van der Waals surface area contributed by atoms with Crippen molar-refractivity contribution < 1.29 is 9.13 Å². The fourth-order valence-electron chi connectivity index (χ4n) is 0.514. The predicted molar refractivity (Wildman–Crippen MR) is 35.8 cm³/mol. The van der Waals surface area contributed by atoms with Gasteiger partial charge in [0, 0.05) is 6.07 Å². The number of hydrogen-bond acceptors (Lipinski definition) is 2. The first-order chi connectivity index (χ1) is 4.74. The zero-order valence-corrected chi connectivity index (χ0v) is 6.02. The van der Waals surface area contributed by atoms with E-state index < -0.39 is 5.82 Å². The van der Waals surface area contributed by atoms with E-state index in [1.165, 1.54) is 19.2 Å². The Kier molecular flexibility index (Phi) is 2.06. The lowest BCUT2D eigenvalue weighted by Gasteiger charge is -1.97. The zero-order chi connectivity index (χ0) is 7.56. The Morgan fingerprint density at radius 2 is 2.30 bits per heavy atom. The third-order valence-electron chi connectivity index (χ3n) is 0.987. The van der Waals surface area contributed by atoms with Crippen molar-refractivity contribution in [3.8, 4) is 5.88 Å². The summed E-state index contributed by atoms with van der Waals surface area (Å²) in [5.41, 5.74) is 0. The van der Waals surface area contributed by atoms with Crippen LogP contribution in [0.3, 0.4) is 0 Å². The Morgan fingerprint density at radius 1 is 1.60 bits per heavy atom. The van der Waals surface area contributed by atoms with E-state index >= 15 is 0 Å². The van der Waals surface area contributed by atoms with Crippen LogP contribution in [-0.4, -0.2) is 12.1 Å². The van der Waals surface area contributed by atoms with E-state index in [1.54, 1.807) is 0 Å². The molecule has 0 saturated heterocycles. The maximum absolute atomic E-state index is 12.4. The molecule has 0 saturated carbocycles. The van der Waals surface area contributed by atoms with Crippen molar-refractivity contribution in [2.75, 3.05) is 7.11 Å². The van der Waals surface area contributed by atoms with Crippen molar-refractivity contribution in [2.24, 2.45) is 0 Å². The highest BCUT2D eigenvalue weighted by Gasteiger charge is 2.00. The molecule has 4 heteroatoms. The Bertz CT molecular complexity index is 241. The van der Waals surface area contributed by atoms with E-state index in [0.717, 1.165) is 0 Å². The molecule has 0 aromatic carbocycles. The minimum absolute atomic E-state index is 0.167. The number of halogens is 2. The van der Waals surface area contributed by atoms with Crippen molar-refractivity contribution in [3.63, 3.8) is 0 Å². The second kappa shape index (κ2) is 2.84. The quantitative estimate of drug-likeness (QED) is 0.587. The molecular formula is C6H5ClFNO. The summed E-state index contributed by atoms with van der Waals surface area (Å²) >= 11 is 5.33. The van der Waals surface area contributed by atoms with Crippen molar-refractivity contribution in [1.82, 2.24) is 4.98 Å². The summed E-state index contributed by atoms with van der Waals surface area (Å²) in [6.45, 7) is 0. The average molecular weight is 162 g/mol. The van der Waals surface area contributed by atoms with Gasteiger partial charge in [0.15, 0.2) is 11.0 Å². The molecule has 0 spiro atoms. The molecule has 0 fully saturated rings. The molecule has 0 aliphatic rings. The van der Waals surface area contributed by atoms with Gasteiger partial charge in [-0.05, 0) is 6.07 Å². The highest BCUT2D eigenvalue weighted by Crippen LogP contribution is 2.14. The lowest BCUT2D eigenvalue weighted by molar-refractivity contribution is 0.396. The SMILES string of the molecule is COc1ccc(F)c(Cl)n1. The van der Waals surface area contributed by atoms with Crippen molar-refractivity contribution >= 4 is 11.6 Å². The zero-order valence-electron chi connectivity index (χ0n) is 5.27. The number of pyridine rings is 1. The fraction of sp³-hybridized carbons (Fsp3) is 0.167. The lowest BCUT2D eigenvalue weighted by Crippen LogP contribution is -1.88. The van der Waals surface area contributed by atoms with Gasteiger partial charge in [-0.25, -0.2) is 4.39 Å². The Labute approximate surface area is 62.6 Å². The van der Waals surface area contributed by atoms with Crippen LogP contribution in [0.1, 0.15) is 0 Å². The van der Waals surface area contributed by atoms with Crippen LogP contribution in [0.25, 0.3) is 0 Å². The van der Waals surface area contributed by atoms with Crippen LogP contribution in [0.2, 0.25) is 5.15 Å². The second-order valence-electron chi connectivity index (χ2n) is 1.63. The molecule has 0 N–H and O–H groups in total. The number of nitrogens with zero attached hydrogens (tertiary/aromatic N) is 1. The standard InChI is InChI=1S/C6H5ClFNO/c1-10-5-3-2-4(8)6(7)9-5/h2-3H,1H3. The van der Waals surface area contributed by atoms with E-state index in [0.29, 0.717) is 5.88 Å². The molecule has 0 aliphatic carbocycles. The molecule has 0 unspecified atom stereocenters. The summed E-state index contributed by atoms with van der Waals surface area (Å²) in [6, 6.07) is 2.61. The maximum atomic E-state index is 12.4. The van der Waals surface area contributed by atoms with Crippen LogP contribution in [0.5, 0.6) is 5.88 Å². The van der Waals surface area contributed by atoms with E-state index in [2.05, 4.69) is 9.72 Å². The second-order valence-corrected chi connectivity index (χ2v) is 1.98. The minimum Gasteiger partial charge on any atom is -0.481 e. The molecular weight excluding hydrogens is 157 g/mol. The van der Waals surface area contributed by atoms with Gasteiger partial charge < -0.3 is 4.74 Å². The number of aromatic nitrogens is 1. The molecule has 0 aliphatic heterocycles. The fourth-order valence-corrected chi connectivity index (χ4v) is 0.661. The monoisotopic (exact) mass is 161 g/mol. The summed E-state index contributed by atoms with van der Waals surface area (Å²) in [5.74, 6) is -0.228. The summed E-state index contributed by atoms with van der Waals surface area (Å²) in [4.78, 5) is 3.56. The third kappa shape index (κ3) is 1.36. The number of hydrogen-bond donors (Lipinski definition) is 0. The highest BCUT2D eigenvalue weighted by atomic mass is 35.5. The lowest BCUT2D eigenvalue weighted by atomic mass is 10.5. The number of rotatable bonds is 1. The molecule has 1 aromatic rings. The third-order valence-corrected chi connectivity index (χ3v) is 1.25. The van der Waals surface area contributed by atoms with E-state index in [-0.39, 0.29) is 5.15 Å². The van der Waals surface area contributed by atoms with Gasteiger partial charge in [-0.3, -0.25) is 0 Å². The van der Waals surface area contributed by atoms with Crippen molar-refractivity contribution in [1.29, 1.82) is 0 Å². The highest BCUT2D eigenvalue weighted by molar-refractivity contribution is 6.29. The molecule has 0 atom stereocenters. The van der Waals surface area contributed by atoms with E-state index in [4.69, 9.17) is 11.6 Å². The molecule has 1 aromatic heterocycles. The molecule has 54 valence electrons. The summed E-state index contributed by atoms with van der Waals surface area (Å²) < 4.78 is 17.1. The van der Waals surface area contributed by atoms with Crippen LogP contribution in [0, 0.1) is 5.82 Å². The number of methoxy groups -OCH3 is 1. The number of ether oxygens (including phenoxy) is 1. The topological polar surface area (TPSA) is 22.1 Å². The van der Waals surface area contributed by atoms with Crippen LogP contribution in [0.4, 0.5) is 4.39 Å². The van der Waals surface area contributed by atoms with Gasteiger partial charge in [-0.1, -0.05) is 11.6 Å². The van der Waals surface area contributed by atoms with Crippen LogP contribution in [0.15, 0.2) is 12.1 Å². The summed E-state index contributed by atoms with van der Waals surface area (Å²) in [6.07, 6.45) is 0. The minimum atomic E-state index is -0.539. The van der Waals surface area contributed by atoms with Crippen LogP contribution in [-0.2, 0) is 0 Å². The van der Waals surface area contributed by atoms with Gasteiger partial charge >= 0.3 is 0 Å². The predicted octanol–water partition coefficient (Wildman–Crippen LogP) is 1.88. The summed E-state index contributed by atoms with van der Waals surface area (Å²) in [5, 5.41) is -0.167. The Balaban J connectivity index is 3.04. The first-order valence-electron chi connectivity index (χ1n) is 2.60. The first-order valence-corrected chi connectivity index (χ1v) is 2.98. The Hall–Kier alpha value is -0.830. The molecule has 1 rings (SSSR count). The molecule has 0 radical (unpaired) electrons.